The lowest BCUT2D eigenvalue weighted by Gasteiger charge is -2.17. The molecule has 4 heteroatoms. The molecule has 3 nitrogen and oxygen atoms in total. The van der Waals surface area contributed by atoms with Gasteiger partial charge in [0.2, 0.25) is 0 Å². The summed E-state index contributed by atoms with van der Waals surface area (Å²) in [6, 6.07) is 16.5. The van der Waals surface area contributed by atoms with Gasteiger partial charge in [-0.15, -0.1) is 12.4 Å². The maximum Gasteiger partial charge on any atom is 0.0890 e. The lowest BCUT2D eigenvalue weighted by atomic mass is 10.1. The number of aromatic nitrogens is 2. The second-order valence-electron chi connectivity index (χ2n) is 5.44. The standard InChI is InChI=1S/C18H19N3.ClH/c1-13-17(20-16-10-6-5-9-15(16)19-13)12-14-8-4-7-11-18(14)21(2)3;/h4-11H,12H2,1-3H3;1H. The predicted octanol–water partition coefficient (Wildman–Crippen LogP) is 4.02. The van der Waals surface area contributed by atoms with Crippen molar-refractivity contribution < 1.29 is 0 Å². The predicted molar refractivity (Wildman–Crippen MR) is 95.1 cm³/mol. The zero-order valence-corrected chi connectivity index (χ0v) is 13.9. The van der Waals surface area contributed by atoms with Crippen LogP contribution in [0.25, 0.3) is 11.0 Å². The molecule has 1 aromatic heterocycles. The highest BCUT2D eigenvalue weighted by molar-refractivity contribution is 5.85. The van der Waals surface area contributed by atoms with E-state index in [4.69, 9.17) is 4.98 Å². The Morgan fingerprint density at radius 3 is 2.14 bits per heavy atom. The molecular formula is C18H20ClN3. The summed E-state index contributed by atoms with van der Waals surface area (Å²) in [5.41, 5.74) is 6.47. The van der Waals surface area contributed by atoms with Gasteiger partial charge in [0.1, 0.15) is 0 Å². The molecule has 0 unspecified atom stereocenters. The highest BCUT2D eigenvalue weighted by Crippen LogP contribution is 2.22. The molecule has 1 heterocycles. The maximum atomic E-state index is 4.79. The van der Waals surface area contributed by atoms with E-state index in [1.807, 2.05) is 31.2 Å². The molecule has 3 rings (SSSR count). The molecule has 0 atom stereocenters. The van der Waals surface area contributed by atoms with Crippen molar-refractivity contribution >= 4 is 29.1 Å². The van der Waals surface area contributed by atoms with Crippen LogP contribution in [-0.4, -0.2) is 24.1 Å². The number of hydrogen-bond donors (Lipinski definition) is 0. The summed E-state index contributed by atoms with van der Waals surface area (Å²) in [6.45, 7) is 2.03. The molecule has 0 saturated carbocycles. The first-order valence-corrected chi connectivity index (χ1v) is 7.12. The summed E-state index contributed by atoms with van der Waals surface area (Å²) >= 11 is 0. The first-order chi connectivity index (χ1) is 10.1. The molecule has 0 bridgehead atoms. The van der Waals surface area contributed by atoms with Crippen molar-refractivity contribution in [2.75, 3.05) is 19.0 Å². The van der Waals surface area contributed by atoms with Gasteiger partial charge in [-0.05, 0) is 30.7 Å². The van der Waals surface area contributed by atoms with Crippen molar-refractivity contribution in [1.82, 2.24) is 9.97 Å². The number of hydrogen-bond acceptors (Lipinski definition) is 3. The molecule has 22 heavy (non-hydrogen) atoms. The SMILES string of the molecule is Cc1nc2ccccc2nc1Cc1ccccc1N(C)C.Cl. The second kappa shape index (κ2) is 6.75. The first-order valence-electron chi connectivity index (χ1n) is 7.12. The van der Waals surface area contributed by atoms with Gasteiger partial charge in [0, 0.05) is 26.2 Å². The monoisotopic (exact) mass is 313 g/mol. The van der Waals surface area contributed by atoms with Gasteiger partial charge in [-0.2, -0.15) is 0 Å². The summed E-state index contributed by atoms with van der Waals surface area (Å²) in [7, 11) is 4.13. The molecule has 2 aromatic carbocycles. The van der Waals surface area contributed by atoms with Crippen LogP contribution in [0.5, 0.6) is 0 Å². The molecule has 114 valence electrons. The van der Waals surface area contributed by atoms with E-state index in [0.29, 0.717) is 0 Å². The first kappa shape index (κ1) is 16.2. The average Bonchev–Trinajstić information content (AvgIpc) is 2.48. The van der Waals surface area contributed by atoms with Gasteiger partial charge in [-0.25, -0.2) is 9.97 Å². The van der Waals surface area contributed by atoms with Crippen LogP contribution in [0, 0.1) is 6.92 Å². The fraction of sp³-hybridized carbons (Fsp3) is 0.222. The summed E-state index contributed by atoms with van der Waals surface area (Å²) in [6.07, 6.45) is 0.804. The summed E-state index contributed by atoms with van der Waals surface area (Å²) < 4.78 is 0. The Labute approximate surface area is 137 Å². The average molecular weight is 314 g/mol. The third-order valence-electron chi connectivity index (χ3n) is 3.67. The van der Waals surface area contributed by atoms with E-state index in [1.165, 1.54) is 11.3 Å². The molecule has 0 radical (unpaired) electrons. The number of halogens is 1. The summed E-state index contributed by atoms with van der Waals surface area (Å²) in [4.78, 5) is 11.6. The molecule has 0 aliphatic heterocycles. The Bertz CT molecular complexity index is 784. The van der Waals surface area contributed by atoms with Crippen LogP contribution in [0.15, 0.2) is 48.5 Å². The maximum absolute atomic E-state index is 4.79. The molecule has 3 aromatic rings. The van der Waals surface area contributed by atoms with Crippen molar-refractivity contribution in [3.05, 3.63) is 65.5 Å². The second-order valence-corrected chi connectivity index (χ2v) is 5.44. The van der Waals surface area contributed by atoms with Crippen LogP contribution in [-0.2, 0) is 6.42 Å². The molecule has 0 saturated heterocycles. The van der Waals surface area contributed by atoms with E-state index in [9.17, 15) is 0 Å². The largest absolute Gasteiger partial charge is 0.377 e. The van der Waals surface area contributed by atoms with Gasteiger partial charge in [0.25, 0.3) is 0 Å². The van der Waals surface area contributed by atoms with E-state index in [0.717, 1.165) is 28.8 Å². The van der Waals surface area contributed by atoms with Crippen LogP contribution in [0.3, 0.4) is 0 Å². The Balaban J connectivity index is 0.00000176. The minimum absolute atomic E-state index is 0. The number of aryl methyl sites for hydroxylation is 1. The van der Waals surface area contributed by atoms with E-state index >= 15 is 0 Å². The van der Waals surface area contributed by atoms with Crippen LogP contribution in [0.1, 0.15) is 17.0 Å². The van der Waals surface area contributed by atoms with Gasteiger partial charge in [0.05, 0.1) is 22.4 Å². The van der Waals surface area contributed by atoms with Gasteiger partial charge >= 0.3 is 0 Å². The van der Waals surface area contributed by atoms with E-state index in [-0.39, 0.29) is 12.4 Å². The lowest BCUT2D eigenvalue weighted by molar-refractivity contribution is 1.00. The fourth-order valence-electron chi connectivity index (χ4n) is 2.57. The molecule has 0 N–H and O–H groups in total. The zero-order valence-electron chi connectivity index (χ0n) is 13.1. The van der Waals surface area contributed by atoms with E-state index in [1.54, 1.807) is 0 Å². The molecule has 0 spiro atoms. The highest BCUT2D eigenvalue weighted by atomic mass is 35.5. The number of fused-ring (bicyclic) bond motifs is 1. The Hall–Kier alpha value is -2.13. The molecular weight excluding hydrogens is 294 g/mol. The van der Waals surface area contributed by atoms with Crippen molar-refractivity contribution in [3.8, 4) is 0 Å². The Morgan fingerprint density at radius 1 is 0.864 bits per heavy atom. The topological polar surface area (TPSA) is 29.0 Å². The Morgan fingerprint density at radius 2 is 1.45 bits per heavy atom. The smallest absolute Gasteiger partial charge is 0.0890 e. The molecule has 0 amide bonds. The highest BCUT2D eigenvalue weighted by Gasteiger charge is 2.09. The number of rotatable bonds is 3. The van der Waals surface area contributed by atoms with Crippen molar-refractivity contribution in [1.29, 1.82) is 0 Å². The molecule has 0 fully saturated rings. The summed E-state index contributed by atoms with van der Waals surface area (Å²) in [5, 5.41) is 0. The van der Waals surface area contributed by atoms with Crippen molar-refractivity contribution in [3.63, 3.8) is 0 Å². The minimum Gasteiger partial charge on any atom is -0.377 e. The van der Waals surface area contributed by atoms with Crippen LogP contribution >= 0.6 is 12.4 Å². The molecule has 0 aliphatic rings. The van der Waals surface area contributed by atoms with Gasteiger partial charge in [-0.1, -0.05) is 30.3 Å². The number of nitrogens with zero attached hydrogens (tertiary/aromatic N) is 3. The summed E-state index contributed by atoms with van der Waals surface area (Å²) in [5.74, 6) is 0. The minimum atomic E-state index is 0. The van der Waals surface area contributed by atoms with Crippen LogP contribution in [0.2, 0.25) is 0 Å². The quantitative estimate of drug-likeness (QED) is 0.731. The van der Waals surface area contributed by atoms with Crippen LogP contribution < -0.4 is 4.90 Å². The fourth-order valence-corrected chi connectivity index (χ4v) is 2.57. The number of benzene rings is 2. The number of anilines is 1. The van der Waals surface area contributed by atoms with Crippen LogP contribution in [0.4, 0.5) is 5.69 Å². The van der Waals surface area contributed by atoms with Gasteiger partial charge < -0.3 is 4.90 Å². The third-order valence-corrected chi connectivity index (χ3v) is 3.67. The van der Waals surface area contributed by atoms with Crippen molar-refractivity contribution in [2.45, 2.75) is 13.3 Å². The normalized spacial score (nSPS) is 10.3. The van der Waals surface area contributed by atoms with Crippen molar-refractivity contribution in [2.24, 2.45) is 0 Å². The lowest BCUT2D eigenvalue weighted by Crippen LogP contribution is -2.12. The third kappa shape index (κ3) is 3.20. The zero-order chi connectivity index (χ0) is 14.8. The van der Waals surface area contributed by atoms with Gasteiger partial charge in [0.15, 0.2) is 0 Å². The number of para-hydroxylation sites is 3. The molecule has 0 aliphatic carbocycles. The van der Waals surface area contributed by atoms with Gasteiger partial charge in [-0.3, -0.25) is 0 Å². The van der Waals surface area contributed by atoms with E-state index < -0.39 is 0 Å². The Kier molecular flexibility index (Phi) is 4.99. The van der Waals surface area contributed by atoms with E-state index in [2.05, 4.69) is 48.2 Å².